The zero-order valence-electron chi connectivity index (χ0n) is 13.6. The average Bonchev–Trinajstić information content (AvgIpc) is 2.22. The fourth-order valence-corrected chi connectivity index (χ4v) is 3.03. The largest absolute Gasteiger partial charge is 0.508 e. The van der Waals surface area contributed by atoms with Gasteiger partial charge in [-0.25, -0.2) is 0 Å². The maximum absolute atomic E-state index is 14.1. The predicted octanol–water partition coefficient (Wildman–Crippen LogP) is 5.67. The lowest BCUT2D eigenvalue weighted by atomic mass is 9.56. The van der Waals surface area contributed by atoms with E-state index in [0.29, 0.717) is 0 Å². The third-order valence-corrected chi connectivity index (χ3v) is 3.92. The van der Waals surface area contributed by atoms with Gasteiger partial charge in [-0.15, -0.1) is 0 Å². The van der Waals surface area contributed by atoms with Gasteiger partial charge >= 0.3 is 6.18 Å². The molecule has 120 valence electrons. The molecule has 0 aliphatic carbocycles. The lowest BCUT2D eigenvalue weighted by molar-refractivity contribution is -0.228. The Balaban J connectivity index is 3.63. The van der Waals surface area contributed by atoms with Gasteiger partial charge in [-0.1, -0.05) is 53.7 Å². The van der Waals surface area contributed by atoms with Crippen LogP contribution in [0.4, 0.5) is 13.2 Å². The summed E-state index contributed by atoms with van der Waals surface area (Å²) in [4.78, 5) is 0. The number of rotatable bonds is 2. The van der Waals surface area contributed by atoms with Crippen molar-refractivity contribution in [2.24, 2.45) is 10.8 Å². The third kappa shape index (κ3) is 3.53. The van der Waals surface area contributed by atoms with E-state index >= 15 is 0 Å². The Morgan fingerprint density at radius 3 is 1.57 bits per heavy atom. The van der Waals surface area contributed by atoms with Crippen LogP contribution >= 0.6 is 0 Å². The second kappa shape index (κ2) is 5.22. The van der Waals surface area contributed by atoms with Gasteiger partial charge in [0.1, 0.15) is 5.75 Å². The second-order valence-electron chi connectivity index (χ2n) is 7.94. The molecule has 0 aliphatic heterocycles. The predicted molar refractivity (Wildman–Crippen MR) is 79.4 cm³/mol. The van der Waals surface area contributed by atoms with Gasteiger partial charge in [0.15, 0.2) is 0 Å². The van der Waals surface area contributed by atoms with Crippen molar-refractivity contribution in [2.45, 2.75) is 59.6 Å². The number of alkyl halides is 3. The van der Waals surface area contributed by atoms with E-state index in [2.05, 4.69) is 0 Å². The van der Waals surface area contributed by atoms with Crippen molar-refractivity contribution in [1.29, 1.82) is 0 Å². The molecule has 0 aliphatic rings. The van der Waals surface area contributed by atoms with Gasteiger partial charge in [0.2, 0.25) is 0 Å². The highest BCUT2D eigenvalue weighted by Gasteiger charge is 2.62. The monoisotopic (exact) mass is 302 g/mol. The van der Waals surface area contributed by atoms with Crippen LogP contribution in [0, 0.1) is 10.8 Å². The summed E-state index contributed by atoms with van der Waals surface area (Å²) in [6, 6.07) is 5.42. The molecule has 0 saturated carbocycles. The lowest BCUT2D eigenvalue weighted by Gasteiger charge is -2.49. The van der Waals surface area contributed by atoms with Crippen LogP contribution < -0.4 is 0 Å². The molecular weight excluding hydrogens is 277 g/mol. The maximum atomic E-state index is 14.1. The van der Waals surface area contributed by atoms with Crippen molar-refractivity contribution in [1.82, 2.24) is 0 Å². The van der Waals surface area contributed by atoms with Crippen molar-refractivity contribution in [3.8, 4) is 5.75 Å². The van der Waals surface area contributed by atoms with Crippen LogP contribution in [0.25, 0.3) is 0 Å². The minimum atomic E-state index is -4.38. The smallest absolute Gasteiger partial charge is 0.398 e. The van der Waals surface area contributed by atoms with Crippen LogP contribution in [0.15, 0.2) is 24.3 Å². The third-order valence-electron chi connectivity index (χ3n) is 3.92. The number of halogens is 3. The van der Waals surface area contributed by atoms with Crippen molar-refractivity contribution in [3.63, 3.8) is 0 Å². The Kier molecular flexibility index (Phi) is 4.44. The summed E-state index contributed by atoms with van der Waals surface area (Å²) in [7, 11) is 0. The van der Waals surface area contributed by atoms with Gasteiger partial charge in [-0.05, 0) is 34.9 Å². The molecule has 1 nitrogen and oxygen atoms in total. The minimum absolute atomic E-state index is 0.0161. The molecule has 21 heavy (non-hydrogen) atoms. The second-order valence-corrected chi connectivity index (χ2v) is 7.94. The summed E-state index contributed by atoms with van der Waals surface area (Å²) in [5, 5.41) is 9.38. The van der Waals surface area contributed by atoms with Gasteiger partial charge < -0.3 is 5.11 Å². The van der Waals surface area contributed by atoms with E-state index in [4.69, 9.17) is 0 Å². The Morgan fingerprint density at radius 2 is 1.29 bits per heavy atom. The molecule has 0 aromatic heterocycles. The molecule has 1 rings (SSSR count). The number of aromatic hydroxyl groups is 1. The van der Waals surface area contributed by atoms with E-state index in [-0.39, 0.29) is 17.7 Å². The molecule has 0 heterocycles. The Labute approximate surface area is 125 Å². The number of hydrogen-bond acceptors (Lipinski definition) is 1. The summed E-state index contributed by atoms with van der Waals surface area (Å²) in [5.74, 6) is -0.0282. The highest BCUT2D eigenvalue weighted by Crippen LogP contribution is 2.57. The average molecular weight is 302 g/mol. The first-order chi connectivity index (χ1) is 9.21. The molecule has 1 atom stereocenters. The molecule has 0 radical (unpaired) electrons. The number of phenolic OH excluding ortho intramolecular Hbond substituents is 1. The van der Waals surface area contributed by atoms with Crippen LogP contribution in [0.3, 0.4) is 0 Å². The molecular formula is C17H25F3O. The van der Waals surface area contributed by atoms with Crippen LogP contribution in [-0.2, 0) is 5.41 Å². The van der Waals surface area contributed by atoms with Gasteiger partial charge in [-0.3, -0.25) is 0 Å². The molecule has 1 aromatic rings. The van der Waals surface area contributed by atoms with Gasteiger partial charge in [0, 0.05) is 0 Å². The Morgan fingerprint density at radius 1 is 0.857 bits per heavy atom. The van der Waals surface area contributed by atoms with Crippen molar-refractivity contribution in [2.75, 3.05) is 0 Å². The van der Waals surface area contributed by atoms with E-state index in [1.54, 1.807) is 20.8 Å². The summed E-state index contributed by atoms with van der Waals surface area (Å²) in [6.07, 6.45) is -4.40. The van der Waals surface area contributed by atoms with Gasteiger partial charge in [0.25, 0.3) is 0 Å². The quantitative estimate of drug-likeness (QED) is 0.745. The number of benzene rings is 1. The summed E-state index contributed by atoms with van der Waals surface area (Å²) in [6.45, 7) is 10.3. The van der Waals surface area contributed by atoms with E-state index in [1.165, 1.54) is 24.3 Å². The van der Waals surface area contributed by atoms with Gasteiger partial charge in [0.05, 0.1) is 5.41 Å². The lowest BCUT2D eigenvalue weighted by Crippen LogP contribution is -2.54. The molecule has 0 saturated heterocycles. The summed E-state index contributed by atoms with van der Waals surface area (Å²) in [5.41, 5.74) is -3.25. The molecule has 0 amide bonds. The van der Waals surface area contributed by atoms with Crippen molar-refractivity contribution in [3.05, 3.63) is 29.8 Å². The van der Waals surface area contributed by atoms with Crippen LogP contribution in [0.2, 0.25) is 0 Å². The van der Waals surface area contributed by atoms with E-state index in [9.17, 15) is 18.3 Å². The first-order valence-electron chi connectivity index (χ1n) is 7.07. The number of hydrogen-bond donors (Lipinski definition) is 1. The standard InChI is InChI=1S/C17H25F3O/c1-14(2,3)11-16(15(4,5)6,17(18,19)20)12-7-9-13(21)10-8-12/h7-10,21H,11H2,1-6H3. The fraction of sp³-hybridized carbons (Fsp3) is 0.647. The van der Waals surface area contributed by atoms with Crippen molar-refractivity contribution < 1.29 is 18.3 Å². The fourth-order valence-electron chi connectivity index (χ4n) is 3.03. The SMILES string of the molecule is CC(C)(C)CC(c1ccc(O)cc1)(C(C)(C)C)C(F)(F)F. The maximum Gasteiger partial charge on any atom is 0.398 e. The summed E-state index contributed by atoms with van der Waals surface area (Å²) < 4.78 is 42.4. The molecule has 1 aromatic carbocycles. The molecule has 0 spiro atoms. The Bertz CT molecular complexity index is 459. The van der Waals surface area contributed by atoms with Crippen LogP contribution in [0.1, 0.15) is 53.5 Å². The first-order valence-corrected chi connectivity index (χ1v) is 7.07. The van der Waals surface area contributed by atoms with E-state index in [0.717, 1.165) is 0 Å². The highest BCUT2D eigenvalue weighted by atomic mass is 19.4. The molecule has 1 unspecified atom stereocenters. The molecule has 0 fully saturated rings. The number of phenols is 1. The zero-order chi connectivity index (χ0) is 16.7. The normalized spacial score (nSPS) is 16.6. The Hall–Kier alpha value is -1.19. The van der Waals surface area contributed by atoms with Gasteiger partial charge in [-0.2, -0.15) is 13.2 Å². The van der Waals surface area contributed by atoms with E-state index < -0.39 is 22.4 Å². The highest BCUT2D eigenvalue weighted by molar-refractivity contribution is 5.35. The molecule has 1 N–H and O–H groups in total. The van der Waals surface area contributed by atoms with Crippen LogP contribution in [0.5, 0.6) is 5.75 Å². The first kappa shape index (κ1) is 17.9. The molecule has 0 bridgehead atoms. The zero-order valence-corrected chi connectivity index (χ0v) is 13.6. The van der Waals surface area contributed by atoms with E-state index in [1.807, 2.05) is 20.8 Å². The summed E-state index contributed by atoms with van der Waals surface area (Å²) >= 11 is 0. The topological polar surface area (TPSA) is 20.2 Å². The van der Waals surface area contributed by atoms with Crippen molar-refractivity contribution >= 4 is 0 Å². The minimum Gasteiger partial charge on any atom is -0.508 e. The molecule has 4 heteroatoms. The van der Waals surface area contributed by atoms with Crippen LogP contribution in [-0.4, -0.2) is 11.3 Å².